The summed E-state index contributed by atoms with van der Waals surface area (Å²) >= 11 is 0. The average molecular weight is 371 g/mol. The highest BCUT2D eigenvalue weighted by atomic mass is 16.6. The summed E-state index contributed by atoms with van der Waals surface area (Å²) in [6, 6.07) is 11.6. The van der Waals surface area contributed by atoms with E-state index in [-0.39, 0.29) is 6.10 Å². The molecule has 3 rings (SSSR count). The number of ether oxygens (including phenoxy) is 4. The van der Waals surface area contributed by atoms with Crippen LogP contribution in [-0.4, -0.2) is 39.8 Å². The van der Waals surface area contributed by atoms with Crippen LogP contribution in [0.2, 0.25) is 0 Å². The second kappa shape index (κ2) is 8.66. The second-order valence-electron chi connectivity index (χ2n) is 6.16. The maximum Gasteiger partial charge on any atom is 0.161 e. The maximum absolute atomic E-state index is 5.66. The molecule has 0 bridgehead atoms. The topological polar surface area (TPSA) is 58.5 Å². The van der Waals surface area contributed by atoms with Gasteiger partial charge in [-0.05, 0) is 36.8 Å². The van der Waals surface area contributed by atoms with Gasteiger partial charge in [0.15, 0.2) is 11.5 Å². The summed E-state index contributed by atoms with van der Waals surface area (Å²) in [5.74, 6) is 2.94. The van der Waals surface area contributed by atoms with Crippen LogP contribution in [0.15, 0.2) is 41.6 Å². The fourth-order valence-electron chi connectivity index (χ4n) is 3.11. The van der Waals surface area contributed by atoms with Crippen LogP contribution in [0.3, 0.4) is 0 Å². The van der Waals surface area contributed by atoms with Crippen molar-refractivity contribution in [2.24, 2.45) is 5.16 Å². The summed E-state index contributed by atoms with van der Waals surface area (Å²) in [5, 5.41) is 4.28. The highest BCUT2D eigenvalue weighted by Gasteiger charge is 2.25. The van der Waals surface area contributed by atoms with Crippen LogP contribution >= 0.6 is 0 Å². The highest BCUT2D eigenvalue weighted by molar-refractivity contribution is 6.03. The van der Waals surface area contributed by atoms with Gasteiger partial charge in [-0.25, -0.2) is 0 Å². The lowest BCUT2D eigenvalue weighted by Crippen LogP contribution is -2.12. The van der Waals surface area contributed by atoms with Crippen molar-refractivity contribution >= 4 is 5.71 Å². The van der Waals surface area contributed by atoms with Gasteiger partial charge in [0.25, 0.3) is 0 Å². The lowest BCUT2D eigenvalue weighted by Gasteiger charge is -2.13. The molecule has 1 heterocycles. The summed E-state index contributed by atoms with van der Waals surface area (Å²) in [7, 11) is 4.91. The molecule has 6 nitrogen and oxygen atoms in total. The van der Waals surface area contributed by atoms with Crippen molar-refractivity contribution in [3.63, 3.8) is 0 Å². The Labute approximate surface area is 159 Å². The van der Waals surface area contributed by atoms with Crippen LogP contribution in [0.5, 0.6) is 23.0 Å². The molecule has 0 radical (unpaired) electrons. The van der Waals surface area contributed by atoms with Crippen molar-refractivity contribution in [3.8, 4) is 23.0 Å². The van der Waals surface area contributed by atoms with Crippen molar-refractivity contribution in [2.45, 2.75) is 25.9 Å². The Morgan fingerprint density at radius 3 is 2.48 bits per heavy atom. The molecule has 0 amide bonds. The minimum Gasteiger partial charge on any atom is -0.497 e. The number of oxime groups is 1. The van der Waals surface area contributed by atoms with Gasteiger partial charge in [-0.3, -0.25) is 0 Å². The Hall–Kier alpha value is -2.89. The molecule has 1 aliphatic rings. The molecule has 27 heavy (non-hydrogen) atoms. The number of benzene rings is 2. The molecule has 2 aromatic carbocycles. The first-order valence-corrected chi connectivity index (χ1v) is 8.93. The smallest absolute Gasteiger partial charge is 0.161 e. The zero-order chi connectivity index (χ0) is 19.2. The van der Waals surface area contributed by atoms with Gasteiger partial charge < -0.3 is 23.8 Å². The zero-order valence-corrected chi connectivity index (χ0v) is 16.2. The maximum atomic E-state index is 5.66. The molecular formula is C21H25NO5. The predicted octanol–water partition coefficient (Wildman–Crippen LogP) is 3.85. The number of rotatable bonds is 8. The van der Waals surface area contributed by atoms with Crippen molar-refractivity contribution in [2.75, 3.05) is 27.9 Å². The van der Waals surface area contributed by atoms with Crippen molar-refractivity contribution in [1.82, 2.24) is 0 Å². The van der Waals surface area contributed by atoms with Crippen LogP contribution < -0.4 is 18.9 Å². The van der Waals surface area contributed by atoms with Gasteiger partial charge in [-0.1, -0.05) is 11.2 Å². The van der Waals surface area contributed by atoms with Gasteiger partial charge in [0.1, 0.15) is 17.6 Å². The van der Waals surface area contributed by atoms with Gasteiger partial charge in [-0.15, -0.1) is 0 Å². The van der Waals surface area contributed by atoms with Crippen LogP contribution in [0.1, 0.15) is 24.5 Å². The summed E-state index contributed by atoms with van der Waals surface area (Å²) in [6.07, 6.45) is 1.40. The van der Waals surface area contributed by atoms with Crippen LogP contribution in [0.25, 0.3) is 0 Å². The number of methoxy groups -OCH3 is 3. The van der Waals surface area contributed by atoms with E-state index in [2.05, 4.69) is 5.16 Å². The van der Waals surface area contributed by atoms with E-state index >= 15 is 0 Å². The van der Waals surface area contributed by atoms with E-state index in [1.165, 1.54) is 0 Å². The lowest BCUT2D eigenvalue weighted by atomic mass is 9.99. The van der Waals surface area contributed by atoms with Crippen molar-refractivity contribution < 1.29 is 23.8 Å². The Bertz CT molecular complexity index is 818. The Morgan fingerprint density at radius 1 is 0.963 bits per heavy atom. The van der Waals surface area contributed by atoms with E-state index < -0.39 is 0 Å². The lowest BCUT2D eigenvalue weighted by molar-refractivity contribution is 0.0858. The Kier molecular flexibility index (Phi) is 6.06. The van der Waals surface area contributed by atoms with Gasteiger partial charge in [0, 0.05) is 24.5 Å². The first-order valence-electron chi connectivity index (χ1n) is 8.93. The summed E-state index contributed by atoms with van der Waals surface area (Å²) in [5.41, 5.74) is 2.90. The Balaban J connectivity index is 1.69. The number of hydrogen-bond donors (Lipinski definition) is 0. The second-order valence-corrected chi connectivity index (χ2v) is 6.16. The first kappa shape index (κ1) is 18.9. The number of hydrogen-bond acceptors (Lipinski definition) is 6. The molecule has 0 saturated carbocycles. The van der Waals surface area contributed by atoms with E-state index in [4.69, 9.17) is 23.8 Å². The van der Waals surface area contributed by atoms with Crippen molar-refractivity contribution in [1.29, 1.82) is 0 Å². The fourth-order valence-corrected chi connectivity index (χ4v) is 3.11. The summed E-state index contributed by atoms with van der Waals surface area (Å²) in [6.45, 7) is 2.55. The monoisotopic (exact) mass is 371 g/mol. The van der Waals surface area contributed by atoms with Gasteiger partial charge in [0.05, 0.1) is 33.6 Å². The molecule has 144 valence electrons. The predicted molar refractivity (Wildman–Crippen MR) is 103 cm³/mol. The Morgan fingerprint density at radius 2 is 1.78 bits per heavy atom. The molecule has 0 saturated heterocycles. The molecule has 6 heteroatoms. The third-order valence-corrected chi connectivity index (χ3v) is 4.44. The van der Waals surface area contributed by atoms with E-state index in [9.17, 15) is 0 Å². The third kappa shape index (κ3) is 4.27. The van der Waals surface area contributed by atoms with E-state index in [1.54, 1.807) is 21.3 Å². The minimum atomic E-state index is -0.0329. The molecule has 1 atom stereocenters. The van der Waals surface area contributed by atoms with Crippen LogP contribution in [0.4, 0.5) is 0 Å². The molecule has 0 aromatic heterocycles. The van der Waals surface area contributed by atoms with Crippen LogP contribution in [-0.2, 0) is 11.3 Å². The molecule has 1 aliphatic heterocycles. The number of nitrogens with zero attached hydrogens (tertiary/aromatic N) is 1. The fraction of sp³-hybridized carbons (Fsp3) is 0.381. The van der Waals surface area contributed by atoms with E-state index in [0.29, 0.717) is 13.0 Å². The summed E-state index contributed by atoms with van der Waals surface area (Å²) < 4.78 is 21.7. The first-order chi connectivity index (χ1) is 13.2. The normalized spacial score (nSPS) is 15.7. The average Bonchev–Trinajstić information content (AvgIpc) is 3.16. The minimum absolute atomic E-state index is 0.0329. The molecule has 0 N–H and O–H groups in total. The van der Waals surface area contributed by atoms with E-state index in [0.717, 1.165) is 46.3 Å². The molecule has 2 aromatic rings. The molecule has 1 unspecified atom stereocenters. The van der Waals surface area contributed by atoms with Gasteiger partial charge in [-0.2, -0.15) is 0 Å². The zero-order valence-electron chi connectivity index (χ0n) is 16.2. The third-order valence-electron chi connectivity index (χ3n) is 4.44. The van der Waals surface area contributed by atoms with Crippen molar-refractivity contribution in [3.05, 3.63) is 47.5 Å². The molecular weight excluding hydrogens is 346 g/mol. The van der Waals surface area contributed by atoms with Gasteiger partial charge >= 0.3 is 0 Å². The molecule has 0 fully saturated rings. The summed E-state index contributed by atoms with van der Waals surface area (Å²) in [4.78, 5) is 5.66. The SMILES string of the molecule is CCOc1ccc(CC2CC(c3ccc(OC)cc3OC)=NO2)cc1OC. The molecule has 0 spiro atoms. The molecule has 0 aliphatic carbocycles. The highest BCUT2D eigenvalue weighted by Crippen LogP contribution is 2.32. The van der Waals surface area contributed by atoms with Crippen LogP contribution in [0, 0.1) is 0 Å². The van der Waals surface area contributed by atoms with Gasteiger partial charge in [0.2, 0.25) is 0 Å². The quantitative estimate of drug-likeness (QED) is 0.705. The largest absolute Gasteiger partial charge is 0.497 e. The standard InChI is InChI=1S/C21H25NO5/c1-5-26-19-9-6-14(11-21(19)25-4)10-16-12-18(22-27-16)17-8-7-15(23-2)13-20(17)24-3/h6-9,11,13,16H,5,10,12H2,1-4H3. The van der Waals surface area contributed by atoms with E-state index in [1.807, 2.05) is 43.3 Å².